The average Bonchev–Trinajstić information content (AvgIpc) is 3.79. The monoisotopic (exact) mass is 580 g/mol. The Labute approximate surface area is 260 Å². The minimum Gasteiger partial charge on any atom is -0.487 e. The highest BCUT2D eigenvalue weighted by atomic mass is 16.6. The average molecular weight is 581 g/mol. The molecule has 2 heteroatoms. The summed E-state index contributed by atoms with van der Waals surface area (Å²) in [6.07, 6.45) is 28.7. The quantitative estimate of drug-likeness (QED) is 0.300. The van der Waals surface area contributed by atoms with Gasteiger partial charge in [-0.25, -0.2) is 0 Å². The van der Waals surface area contributed by atoms with E-state index in [1.54, 1.807) is 30.4 Å². The molecule has 12 aliphatic carbocycles. The molecule has 0 amide bonds. The maximum Gasteiger partial charge on any atom is 0.127 e. The first-order valence-corrected chi connectivity index (χ1v) is 19.4. The lowest BCUT2D eigenvalue weighted by Crippen LogP contribution is -2.53. The van der Waals surface area contributed by atoms with Crippen molar-refractivity contribution in [1.29, 1.82) is 0 Å². The number of epoxide rings is 1. The van der Waals surface area contributed by atoms with Gasteiger partial charge in [-0.3, -0.25) is 0 Å². The summed E-state index contributed by atoms with van der Waals surface area (Å²) in [6.45, 7) is 3.25. The van der Waals surface area contributed by atoms with Crippen LogP contribution in [0, 0.1) is 53.3 Å². The van der Waals surface area contributed by atoms with E-state index >= 15 is 0 Å². The van der Waals surface area contributed by atoms with E-state index in [1.807, 2.05) is 5.56 Å². The van der Waals surface area contributed by atoms with Gasteiger partial charge in [-0.15, -0.1) is 0 Å². The van der Waals surface area contributed by atoms with E-state index in [1.165, 1.54) is 102 Å². The Bertz CT molecular complexity index is 1210. The Balaban J connectivity index is 1.14. The van der Waals surface area contributed by atoms with Crippen molar-refractivity contribution >= 4 is 0 Å². The molecular formula is C41H56O2. The van der Waals surface area contributed by atoms with Crippen LogP contribution in [0.5, 0.6) is 5.75 Å². The maximum atomic E-state index is 7.49. The molecule has 0 aromatic heterocycles. The highest BCUT2D eigenvalue weighted by Gasteiger charge is 2.59. The molecular weight excluding hydrogens is 524 g/mol. The fourth-order valence-electron chi connectivity index (χ4n) is 16.2. The van der Waals surface area contributed by atoms with Crippen LogP contribution in [0.2, 0.25) is 0 Å². The molecule has 1 saturated heterocycles. The van der Waals surface area contributed by atoms with Crippen molar-refractivity contribution in [2.45, 2.75) is 157 Å². The molecule has 1 aromatic rings. The van der Waals surface area contributed by atoms with Crippen LogP contribution in [0.15, 0.2) is 12.1 Å². The third-order valence-corrected chi connectivity index (χ3v) is 16.4. The molecule has 1 aliphatic heterocycles. The lowest BCUT2D eigenvalue weighted by atomic mass is 9.43. The predicted octanol–water partition coefficient (Wildman–Crippen LogP) is 9.65. The van der Waals surface area contributed by atoms with Crippen LogP contribution in [0.3, 0.4) is 0 Å². The van der Waals surface area contributed by atoms with E-state index in [0.717, 1.165) is 66.3 Å². The van der Waals surface area contributed by atoms with Crippen molar-refractivity contribution in [3.63, 3.8) is 0 Å². The zero-order chi connectivity index (χ0) is 28.1. The molecule has 12 bridgehead atoms. The highest BCUT2D eigenvalue weighted by molar-refractivity contribution is 5.55. The molecule has 13 fully saturated rings. The van der Waals surface area contributed by atoms with E-state index in [0.29, 0.717) is 22.3 Å². The molecule has 13 aliphatic rings. The third-order valence-electron chi connectivity index (χ3n) is 16.4. The molecule has 12 saturated carbocycles. The van der Waals surface area contributed by atoms with Crippen LogP contribution in [0.4, 0.5) is 0 Å². The van der Waals surface area contributed by atoms with E-state index in [4.69, 9.17) is 9.47 Å². The van der Waals surface area contributed by atoms with Gasteiger partial charge in [0.15, 0.2) is 0 Å². The molecule has 2 unspecified atom stereocenters. The zero-order valence-electron chi connectivity index (χ0n) is 27.0. The minimum absolute atomic E-state index is 0.225. The van der Waals surface area contributed by atoms with E-state index in [9.17, 15) is 0 Å². The number of benzene rings is 1. The molecule has 14 rings (SSSR count). The topological polar surface area (TPSA) is 21.8 Å². The second kappa shape index (κ2) is 8.86. The summed E-state index contributed by atoms with van der Waals surface area (Å²) >= 11 is 0. The first-order chi connectivity index (χ1) is 21.0. The van der Waals surface area contributed by atoms with Crippen molar-refractivity contribution in [1.82, 2.24) is 0 Å². The van der Waals surface area contributed by atoms with Crippen molar-refractivity contribution in [3.05, 3.63) is 28.8 Å². The third kappa shape index (κ3) is 3.86. The molecule has 1 aromatic carbocycles. The fraction of sp³-hybridized carbons (Fsp3) is 0.854. The summed E-state index contributed by atoms with van der Waals surface area (Å²) in [5, 5.41) is 0. The van der Waals surface area contributed by atoms with Gasteiger partial charge in [-0.05, 0) is 203 Å². The van der Waals surface area contributed by atoms with Gasteiger partial charge in [0.2, 0.25) is 0 Å². The zero-order valence-corrected chi connectivity index (χ0v) is 27.0. The second-order valence-electron chi connectivity index (χ2n) is 19.4. The van der Waals surface area contributed by atoms with Crippen molar-refractivity contribution in [3.8, 4) is 5.75 Å². The molecule has 0 radical (unpaired) electrons. The van der Waals surface area contributed by atoms with Gasteiger partial charge in [0.05, 0.1) is 6.61 Å². The Morgan fingerprint density at radius 1 is 0.605 bits per heavy atom. The Morgan fingerprint density at radius 3 is 1.40 bits per heavy atom. The first-order valence-electron chi connectivity index (χ1n) is 19.4. The van der Waals surface area contributed by atoms with Gasteiger partial charge >= 0.3 is 0 Å². The second-order valence-corrected chi connectivity index (χ2v) is 19.4. The Kier molecular flexibility index (Phi) is 5.38. The van der Waals surface area contributed by atoms with Crippen molar-refractivity contribution in [2.24, 2.45) is 53.3 Å². The van der Waals surface area contributed by atoms with E-state index < -0.39 is 0 Å². The predicted molar refractivity (Wildman–Crippen MR) is 170 cm³/mol. The maximum absolute atomic E-state index is 7.49. The number of ether oxygens (including phenoxy) is 2. The molecule has 0 N–H and O–H groups in total. The van der Waals surface area contributed by atoms with Gasteiger partial charge in [0.1, 0.15) is 18.0 Å². The van der Waals surface area contributed by atoms with Gasteiger partial charge in [-0.2, -0.15) is 0 Å². The largest absolute Gasteiger partial charge is 0.487 e. The SMILES string of the molecule is CCC(Oc1cc(C23CC4CC(CC(C4)C2)C3)cc(C23CC4CC(CC(C4)C2)C3)c1C12CC3CC(CC(C3)C1)C2)C1CO1. The van der Waals surface area contributed by atoms with Crippen molar-refractivity contribution < 1.29 is 9.47 Å². The van der Waals surface area contributed by atoms with Crippen molar-refractivity contribution in [2.75, 3.05) is 6.61 Å². The first kappa shape index (κ1) is 26.1. The molecule has 232 valence electrons. The Morgan fingerprint density at radius 2 is 1.00 bits per heavy atom. The molecule has 1 heterocycles. The van der Waals surface area contributed by atoms with Crippen LogP contribution in [0.1, 0.15) is 146 Å². The lowest BCUT2D eigenvalue weighted by Gasteiger charge is -2.61. The fourth-order valence-corrected chi connectivity index (χ4v) is 16.2. The standard InChI is InChI=1S/C41H56O2/c1-2-35(37-23-42-37)43-36-13-33(39-14-24-3-25(15-39)5-26(4-24)16-39)12-34(40-17-27-6-28(18-40)8-29(7-27)19-40)38(36)41-20-30-9-31(21-41)11-32(10-30)22-41/h12-13,24-32,35,37H,2-11,14-23H2,1H3. The highest BCUT2D eigenvalue weighted by Crippen LogP contribution is 2.68. The van der Waals surface area contributed by atoms with Gasteiger partial charge in [0, 0.05) is 11.0 Å². The normalized spacial score (nSPS) is 53.5. The summed E-state index contributed by atoms with van der Waals surface area (Å²) in [5.41, 5.74) is 6.70. The summed E-state index contributed by atoms with van der Waals surface area (Å²) < 4.78 is 13.5. The molecule has 0 spiro atoms. The van der Waals surface area contributed by atoms with Gasteiger partial charge < -0.3 is 9.47 Å². The smallest absolute Gasteiger partial charge is 0.127 e. The number of rotatable bonds is 7. The van der Waals surface area contributed by atoms with E-state index in [-0.39, 0.29) is 6.10 Å². The van der Waals surface area contributed by atoms with E-state index in [2.05, 4.69) is 19.1 Å². The molecule has 2 atom stereocenters. The minimum atomic E-state index is 0.225. The Hall–Kier alpha value is -1.02. The molecule has 43 heavy (non-hydrogen) atoms. The lowest BCUT2D eigenvalue weighted by molar-refractivity contribution is -0.0200. The summed E-state index contributed by atoms with van der Waals surface area (Å²) in [6, 6.07) is 5.73. The van der Waals surface area contributed by atoms with Crippen LogP contribution in [-0.2, 0) is 21.0 Å². The van der Waals surface area contributed by atoms with Crippen LogP contribution >= 0.6 is 0 Å². The molecule has 2 nitrogen and oxygen atoms in total. The number of hydrogen-bond donors (Lipinski definition) is 0. The van der Waals surface area contributed by atoms with Gasteiger partial charge in [0.25, 0.3) is 0 Å². The van der Waals surface area contributed by atoms with Crippen LogP contribution in [-0.4, -0.2) is 18.8 Å². The number of hydrogen-bond acceptors (Lipinski definition) is 2. The summed E-state index contributed by atoms with van der Waals surface area (Å²) in [4.78, 5) is 0. The summed E-state index contributed by atoms with van der Waals surface area (Å²) in [7, 11) is 0. The summed E-state index contributed by atoms with van der Waals surface area (Å²) in [5.74, 6) is 10.3. The van der Waals surface area contributed by atoms with Crippen LogP contribution in [0.25, 0.3) is 0 Å². The van der Waals surface area contributed by atoms with Gasteiger partial charge in [-0.1, -0.05) is 13.0 Å². The van der Waals surface area contributed by atoms with Crippen LogP contribution < -0.4 is 4.74 Å².